The van der Waals surface area contributed by atoms with E-state index in [0.717, 1.165) is 32.1 Å². The van der Waals surface area contributed by atoms with E-state index in [0.29, 0.717) is 52.0 Å². The first-order valence-corrected chi connectivity index (χ1v) is 15.4. The predicted octanol–water partition coefficient (Wildman–Crippen LogP) is 5.93. The van der Waals surface area contributed by atoms with Gasteiger partial charge in [-0.3, -0.25) is 19.2 Å². The van der Waals surface area contributed by atoms with Gasteiger partial charge in [-0.05, 0) is 19.3 Å². The molecule has 9 nitrogen and oxygen atoms in total. The number of esters is 1. The topological polar surface area (TPSA) is 131 Å². The van der Waals surface area contributed by atoms with E-state index in [2.05, 4.69) is 10.6 Å². The third-order valence-corrected chi connectivity index (χ3v) is 6.05. The summed E-state index contributed by atoms with van der Waals surface area (Å²) in [4.78, 5) is 44.7. The Morgan fingerprint density at radius 2 is 0.949 bits per heavy atom. The fraction of sp³-hybridized carbons (Fsp3) is 0.867. The zero-order valence-corrected chi connectivity index (χ0v) is 25.2. The van der Waals surface area contributed by atoms with Crippen LogP contribution < -0.4 is 10.6 Å². The molecular weight excluding hydrogens is 500 g/mol. The third-order valence-electron chi connectivity index (χ3n) is 6.05. The molecule has 0 bridgehead atoms. The fourth-order valence-electron chi connectivity index (χ4n) is 3.95. The van der Waals surface area contributed by atoms with E-state index in [1.165, 1.54) is 64.7 Å². The highest BCUT2D eigenvalue weighted by atomic mass is 16.6. The van der Waals surface area contributed by atoms with Gasteiger partial charge in [0.15, 0.2) is 0 Å². The normalized spacial score (nSPS) is 10.3. The summed E-state index contributed by atoms with van der Waals surface area (Å²) >= 11 is 0. The smallest absolute Gasteiger partial charge is 0.303 e. The molecule has 0 aromatic rings. The molecule has 0 spiro atoms. The second kappa shape index (κ2) is 32.1. The van der Waals surface area contributed by atoms with Crippen LogP contribution in [-0.4, -0.2) is 61.8 Å². The van der Waals surface area contributed by atoms with Gasteiger partial charge in [-0.1, -0.05) is 90.9 Å². The lowest BCUT2D eigenvalue weighted by atomic mass is 10.0. The Balaban J connectivity index is 0. The lowest BCUT2D eigenvalue weighted by Crippen LogP contribution is -2.29. The molecule has 0 radical (unpaired) electrons. The SMILES string of the molecule is CC.CC(=O)OCCOCCNC(=O)CCCNC(=O)CCCCCCCCCCCCCCCCC(=O)O. The highest BCUT2D eigenvalue weighted by Gasteiger charge is 2.04. The Kier molecular flexibility index (Phi) is 32.0. The maximum absolute atomic E-state index is 11.9. The van der Waals surface area contributed by atoms with Crippen molar-refractivity contribution in [1.29, 1.82) is 0 Å². The average Bonchev–Trinajstić information content (AvgIpc) is 2.91. The molecule has 0 heterocycles. The van der Waals surface area contributed by atoms with Crippen molar-refractivity contribution in [3.05, 3.63) is 0 Å². The van der Waals surface area contributed by atoms with Gasteiger partial charge < -0.3 is 25.2 Å². The average molecular weight is 559 g/mol. The molecule has 0 unspecified atom stereocenters. The molecule has 39 heavy (non-hydrogen) atoms. The van der Waals surface area contributed by atoms with Gasteiger partial charge >= 0.3 is 11.9 Å². The Hall–Kier alpha value is -2.16. The molecule has 0 saturated carbocycles. The number of hydrogen-bond acceptors (Lipinski definition) is 6. The minimum Gasteiger partial charge on any atom is -0.481 e. The van der Waals surface area contributed by atoms with Crippen LogP contribution in [0.25, 0.3) is 0 Å². The van der Waals surface area contributed by atoms with Crippen LogP contribution in [0.1, 0.15) is 136 Å². The van der Waals surface area contributed by atoms with Crippen LogP contribution in [-0.2, 0) is 28.7 Å². The van der Waals surface area contributed by atoms with Gasteiger partial charge in [-0.15, -0.1) is 0 Å². The minimum atomic E-state index is -0.688. The van der Waals surface area contributed by atoms with Gasteiger partial charge in [0.25, 0.3) is 0 Å². The second-order valence-corrected chi connectivity index (χ2v) is 9.60. The Bertz CT molecular complexity index is 600. The first kappa shape index (κ1) is 39.0. The molecule has 0 aromatic heterocycles. The van der Waals surface area contributed by atoms with E-state index >= 15 is 0 Å². The van der Waals surface area contributed by atoms with Crippen molar-refractivity contribution >= 4 is 23.8 Å². The van der Waals surface area contributed by atoms with E-state index < -0.39 is 5.97 Å². The zero-order chi connectivity index (χ0) is 29.4. The summed E-state index contributed by atoms with van der Waals surface area (Å²) in [6.07, 6.45) is 18.1. The van der Waals surface area contributed by atoms with Crippen molar-refractivity contribution in [2.24, 2.45) is 0 Å². The van der Waals surface area contributed by atoms with Gasteiger partial charge in [0, 0.05) is 39.3 Å². The summed E-state index contributed by atoms with van der Waals surface area (Å²) in [6.45, 7) is 7.15. The molecule has 0 saturated heterocycles. The molecule has 0 fully saturated rings. The van der Waals surface area contributed by atoms with Crippen LogP contribution in [0.5, 0.6) is 0 Å². The maximum atomic E-state index is 11.9. The Labute approximate surface area is 237 Å². The molecule has 0 rings (SSSR count). The van der Waals surface area contributed by atoms with Crippen molar-refractivity contribution < 1.29 is 33.8 Å². The number of carbonyl (C=O) groups is 4. The van der Waals surface area contributed by atoms with E-state index in [4.69, 9.17) is 14.6 Å². The van der Waals surface area contributed by atoms with Crippen LogP contribution in [0, 0.1) is 0 Å². The summed E-state index contributed by atoms with van der Waals surface area (Å²) in [7, 11) is 0. The third kappa shape index (κ3) is 35.8. The van der Waals surface area contributed by atoms with E-state index in [1.54, 1.807) is 0 Å². The molecule has 230 valence electrons. The molecule has 2 amide bonds. The highest BCUT2D eigenvalue weighted by Crippen LogP contribution is 2.13. The number of amides is 2. The van der Waals surface area contributed by atoms with Crippen molar-refractivity contribution in [2.45, 2.75) is 136 Å². The largest absolute Gasteiger partial charge is 0.481 e. The zero-order valence-electron chi connectivity index (χ0n) is 25.2. The van der Waals surface area contributed by atoms with Crippen molar-refractivity contribution in [2.75, 3.05) is 32.9 Å². The van der Waals surface area contributed by atoms with Crippen LogP contribution in [0.15, 0.2) is 0 Å². The van der Waals surface area contributed by atoms with Crippen molar-refractivity contribution in [3.63, 3.8) is 0 Å². The number of rotatable bonds is 27. The van der Waals surface area contributed by atoms with E-state index in [-0.39, 0.29) is 24.4 Å². The van der Waals surface area contributed by atoms with E-state index in [9.17, 15) is 19.2 Å². The minimum absolute atomic E-state index is 0.0588. The summed E-state index contributed by atoms with van der Waals surface area (Å²) in [6, 6.07) is 0. The van der Waals surface area contributed by atoms with Gasteiger partial charge in [0.05, 0.1) is 13.2 Å². The lowest BCUT2D eigenvalue weighted by molar-refractivity contribution is -0.142. The molecule has 0 aliphatic rings. The van der Waals surface area contributed by atoms with Gasteiger partial charge in [-0.2, -0.15) is 0 Å². The van der Waals surface area contributed by atoms with Crippen molar-refractivity contribution in [1.82, 2.24) is 10.6 Å². The number of carboxylic acids is 1. The monoisotopic (exact) mass is 558 g/mol. The molecule has 3 N–H and O–H groups in total. The predicted molar refractivity (Wildman–Crippen MR) is 156 cm³/mol. The number of ether oxygens (including phenoxy) is 2. The molecule has 9 heteroatoms. The maximum Gasteiger partial charge on any atom is 0.303 e. The van der Waals surface area contributed by atoms with Gasteiger partial charge in [0.2, 0.25) is 11.8 Å². The summed E-state index contributed by atoms with van der Waals surface area (Å²) in [5, 5.41) is 14.2. The number of hydrogen-bond donors (Lipinski definition) is 3. The summed E-state index contributed by atoms with van der Waals surface area (Å²) < 4.78 is 9.98. The van der Waals surface area contributed by atoms with Crippen LogP contribution >= 0.6 is 0 Å². The summed E-state index contributed by atoms with van der Waals surface area (Å²) in [5.74, 6) is -1.03. The lowest BCUT2D eigenvalue weighted by Gasteiger charge is -2.07. The highest BCUT2D eigenvalue weighted by molar-refractivity contribution is 5.77. The fourth-order valence-corrected chi connectivity index (χ4v) is 3.95. The van der Waals surface area contributed by atoms with Crippen LogP contribution in [0.3, 0.4) is 0 Å². The molecule has 0 atom stereocenters. The summed E-state index contributed by atoms with van der Waals surface area (Å²) in [5.41, 5.74) is 0. The number of unbranched alkanes of at least 4 members (excludes halogenated alkanes) is 13. The van der Waals surface area contributed by atoms with Crippen LogP contribution in [0.4, 0.5) is 0 Å². The quantitative estimate of drug-likeness (QED) is 0.0841. The molecule has 0 aliphatic heterocycles. The Morgan fingerprint density at radius 3 is 1.41 bits per heavy atom. The van der Waals surface area contributed by atoms with Gasteiger partial charge in [-0.25, -0.2) is 0 Å². The number of carboxylic acid groups (broad SMARTS) is 1. The molecule has 0 aliphatic carbocycles. The molecule has 0 aromatic carbocycles. The van der Waals surface area contributed by atoms with Gasteiger partial charge in [0.1, 0.15) is 6.61 Å². The number of aliphatic carboxylic acids is 1. The number of nitrogens with one attached hydrogen (secondary N) is 2. The van der Waals surface area contributed by atoms with Crippen LogP contribution in [0.2, 0.25) is 0 Å². The van der Waals surface area contributed by atoms with Crippen molar-refractivity contribution in [3.8, 4) is 0 Å². The van der Waals surface area contributed by atoms with E-state index in [1.807, 2.05) is 13.8 Å². The first-order valence-electron chi connectivity index (χ1n) is 15.4. The second-order valence-electron chi connectivity index (χ2n) is 9.60. The standard InChI is InChI=1S/C28H52N2O7.C2H6/c1-25(31)37-24-23-36-22-21-30-27(33)18-16-20-29-26(32)17-14-12-10-8-6-4-2-3-5-7-9-11-13-15-19-28(34)35;1-2/h2-24H2,1H3,(H,29,32)(H,30,33)(H,34,35);1-2H3. The first-order chi connectivity index (χ1) is 18.9. The Morgan fingerprint density at radius 1 is 0.538 bits per heavy atom. The number of carbonyl (C=O) groups excluding carboxylic acids is 3. The molecular formula is C30H58N2O7.